The number of imidazole rings is 1. The highest BCUT2D eigenvalue weighted by Crippen LogP contribution is 2.39. The molecule has 0 bridgehead atoms. The lowest BCUT2D eigenvalue weighted by Crippen LogP contribution is -2.15. The van der Waals surface area contributed by atoms with Crippen LogP contribution >= 0.6 is 0 Å². The van der Waals surface area contributed by atoms with E-state index < -0.39 is 12.1 Å². The molecule has 8 nitrogen and oxygen atoms in total. The summed E-state index contributed by atoms with van der Waals surface area (Å²) in [5.41, 5.74) is 3.32. The van der Waals surface area contributed by atoms with E-state index in [1.165, 1.54) is 4.52 Å². The smallest absolute Gasteiger partial charge is 0.231 e. The lowest BCUT2D eigenvalue weighted by molar-refractivity contribution is -0.117. The second-order valence-electron chi connectivity index (χ2n) is 7.92. The number of nitrogens with zero attached hydrogens (tertiary/aromatic N) is 5. The molecule has 1 saturated carbocycles. The Morgan fingerprint density at radius 2 is 2.16 bits per heavy atom. The van der Waals surface area contributed by atoms with Gasteiger partial charge < -0.3 is 10.2 Å². The number of benzene rings is 1. The number of amides is 1. The molecule has 2 N–H and O–H groups in total. The Morgan fingerprint density at radius 1 is 1.39 bits per heavy atom. The molecule has 0 radical (unpaired) electrons. The molecule has 1 aliphatic carbocycles. The zero-order chi connectivity index (χ0) is 21.9. The van der Waals surface area contributed by atoms with Gasteiger partial charge in [0.2, 0.25) is 5.91 Å². The fourth-order valence-electron chi connectivity index (χ4n) is 3.96. The Morgan fingerprint density at radius 3 is 2.84 bits per heavy atom. The first-order valence-corrected chi connectivity index (χ1v) is 10.1. The van der Waals surface area contributed by atoms with Gasteiger partial charge in [0.05, 0.1) is 35.2 Å². The molecule has 0 spiro atoms. The third-order valence-corrected chi connectivity index (χ3v) is 5.60. The Hall–Kier alpha value is -3.56. The molecule has 5 rings (SSSR count). The molecule has 1 aromatic carbocycles. The molecule has 3 heterocycles. The molecular formula is C21H21F2N7O. The van der Waals surface area contributed by atoms with Crippen molar-refractivity contribution in [1.29, 1.82) is 0 Å². The van der Waals surface area contributed by atoms with E-state index in [0.29, 0.717) is 45.9 Å². The zero-order valence-electron chi connectivity index (χ0n) is 17.3. The van der Waals surface area contributed by atoms with Gasteiger partial charge in [0.1, 0.15) is 6.17 Å². The van der Waals surface area contributed by atoms with E-state index in [9.17, 15) is 9.18 Å². The number of hydrogen-bond acceptors (Lipinski definition) is 5. The minimum absolute atomic E-state index is 0.247. The number of hydrogen-bond donors (Lipinski definition) is 2. The van der Waals surface area contributed by atoms with Gasteiger partial charge in [-0.2, -0.15) is 10.2 Å². The van der Waals surface area contributed by atoms with Crippen molar-refractivity contribution in [2.75, 3.05) is 24.3 Å². The first kappa shape index (κ1) is 19.4. The van der Waals surface area contributed by atoms with Gasteiger partial charge in [-0.3, -0.25) is 9.89 Å². The monoisotopic (exact) mass is 425 g/mol. The summed E-state index contributed by atoms with van der Waals surface area (Å²) in [5, 5.41) is 15.0. The van der Waals surface area contributed by atoms with Crippen LogP contribution in [0.1, 0.15) is 18.9 Å². The number of halogens is 2. The molecule has 0 aliphatic heterocycles. The van der Waals surface area contributed by atoms with Crippen LogP contribution in [0.4, 0.5) is 20.3 Å². The predicted molar refractivity (Wildman–Crippen MR) is 113 cm³/mol. The summed E-state index contributed by atoms with van der Waals surface area (Å²) >= 11 is 0. The molecule has 160 valence electrons. The topological polar surface area (TPSA) is 91.2 Å². The number of fused-ring (bicyclic) bond motifs is 2. The Bertz CT molecular complexity index is 1330. The molecule has 0 saturated heterocycles. The average molecular weight is 425 g/mol. The third-order valence-electron chi connectivity index (χ3n) is 5.60. The molecular weight excluding hydrogens is 404 g/mol. The number of aromatic amines is 1. The molecule has 2 unspecified atom stereocenters. The van der Waals surface area contributed by atoms with E-state index in [0.717, 1.165) is 5.39 Å². The van der Waals surface area contributed by atoms with Gasteiger partial charge in [0.15, 0.2) is 17.3 Å². The fraction of sp³-hybridized carbons (Fsp3) is 0.333. The standard InChI is InChI=1S/C21H21F2N7O/c1-4-10-17(12-8-24-27-19(12)20(18(10)23)29(2)3)14-5-6-16-25-15(9-30(16)28-14)26-21(31)11-7-13(11)22/h5-6,8-9,11,13H,4,7H2,1-3H3,(H,24,27)(H,26,31). The quantitative estimate of drug-likeness (QED) is 0.512. The Kier molecular flexibility index (Phi) is 4.38. The molecule has 3 aromatic heterocycles. The number of aromatic nitrogens is 5. The van der Waals surface area contributed by atoms with Crippen molar-refractivity contribution in [3.63, 3.8) is 0 Å². The van der Waals surface area contributed by atoms with Crippen LogP contribution in [0.15, 0.2) is 24.5 Å². The van der Waals surface area contributed by atoms with E-state index in [4.69, 9.17) is 0 Å². The Balaban J connectivity index is 1.61. The van der Waals surface area contributed by atoms with Crippen LogP contribution in [-0.2, 0) is 11.2 Å². The summed E-state index contributed by atoms with van der Waals surface area (Å²) in [6.07, 6.45) is 2.88. The van der Waals surface area contributed by atoms with E-state index in [1.807, 2.05) is 6.92 Å². The van der Waals surface area contributed by atoms with Crippen molar-refractivity contribution in [3.05, 3.63) is 35.9 Å². The first-order valence-electron chi connectivity index (χ1n) is 10.1. The van der Waals surface area contributed by atoms with Crippen LogP contribution in [0, 0.1) is 11.7 Å². The third kappa shape index (κ3) is 3.09. The molecule has 4 aromatic rings. The summed E-state index contributed by atoms with van der Waals surface area (Å²) in [7, 11) is 3.58. The minimum Gasteiger partial charge on any atom is -0.374 e. The predicted octanol–water partition coefficient (Wildman–Crippen LogP) is 3.34. The van der Waals surface area contributed by atoms with Gasteiger partial charge in [-0.25, -0.2) is 18.3 Å². The van der Waals surface area contributed by atoms with Gasteiger partial charge in [0.25, 0.3) is 0 Å². The SMILES string of the molecule is CCc1c(F)c(N(C)C)c2[nH]ncc2c1-c1ccc2nc(NC(=O)C3CC3F)cn2n1. The number of carbonyl (C=O) groups is 1. The van der Waals surface area contributed by atoms with Crippen LogP contribution < -0.4 is 10.2 Å². The average Bonchev–Trinajstić information content (AvgIpc) is 3.11. The lowest BCUT2D eigenvalue weighted by atomic mass is 9.96. The van der Waals surface area contributed by atoms with E-state index in [2.05, 4.69) is 25.6 Å². The second-order valence-corrected chi connectivity index (χ2v) is 7.92. The van der Waals surface area contributed by atoms with Crippen LogP contribution in [0.3, 0.4) is 0 Å². The maximum Gasteiger partial charge on any atom is 0.231 e. The minimum atomic E-state index is -1.08. The number of alkyl halides is 1. The number of anilines is 2. The number of rotatable bonds is 5. The van der Waals surface area contributed by atoms with Gasteiger partial charge >= 0.3 is 0 Å². The number of nitrogens with one attached hydrogen (secondary N) is 2. The molecule has 2 atom stereocenters. The van der Waals surface area contributed by atoms with Crippen molar-refractivity contribution in [2.45, 2.75) is 25.9 Å². The molecule has 1 aliphatic rings. The van der Waals surface area contributed by atoms with Crippen LogP contribution in [-0.4, -0.2) is 51.0 Å². The lowest BCUT2D eigenvalue weighted by Gasteiger charge is -2.19. The summed E-state index contributed by atoms with van der Waals surface area (Å²) in [6.45, 7) is 1.90. The maximum absolute atomic E-state index is 15.4. The summed E-state index contributed by atoms with van der Waals surface area (Å²) < 4.78 is 30.1. The summed E-state index contributed by atoms with van der Waals surface area (Å²) in [4.78, 5) is 18.0. The van der Waals surface area contributed by atoms with E-state index in [-0.39, 0.29) is 18.1 Å². The van der Waals surface area contributed by atoms with Gasteiger partial charge in [0, 0.05) is 25.0 Å². The normalized spacial score (nSPS) is 18.0. The second kappa shape index (κ2) is 7.00. The van der Waals surface area contributed by atoms with Crippen LogP contribution in [0.5, 0.6) is 0 Å². The molecule has 31 heavy (non-hydrogen) atoms. The highest BCUT2D eigenvalue weighted by atomic mass is 19.1. The van der Waals surface area contributed by atoms with Crippen molar-refractivity contribution < 1.29 is 13.6 Å². The number of carbonyl (C=O) groups excluding carboxylic acids is 1. The van der Waals surface area contributed by atoms with Crippen molar-refractivity contribution in [2.24, 2.45) is 5.92 Å². The first-order chi connectivity index (χ1) is 14.9. The van der Waals surface area contributed by atoms with Gasteiger partial charge in [-0.1, -0.05) is 6.92 Å². The van der Waals surface area contributed by atoms with E-state index in [1.54, 1.807) is 43.5 Å². The molecule has 1 amide bonds. The van der Waals surface area contributed by atoms with Gasteiger partial charge in [-0.05, 0) is 30.5 Å². The van der Waals surface area contributed by atoms with Gasteiger partial charge in [-0.15, -0.1) is 0 Å². The molecule has 1 fully saturated rings. The molecule has 10 heteroatoms. The van der Waals surface area contributed by atoms with E-state index >= 15 is 4.39 Å². The van der Waals surface area contributed by atoms with Crippen molar-refractivity contribution in [3.8, 4) is 11.3 Å². The summed E-state index contributed by atoms with van der Waals surface area (Å²) in [6, 6.07) is 3.51. The van der Waals surface area contributed by atoms with Crippen molar-refractivity contribution in [1.82, 2.24) is 24.8 Å². The highest BCUT2D eigenvalue weighted by Gasteiger charge is 2.43. The highest BCUT2D eigenvalue weighted by molar-refractivity contribution is 6.02. The van der Waals surface area contributed by atoms with Crippen LogP contribution in [0.25, 0.3) is 27.8 Å². The zero-order valence-corrected chi connectivity index (χ0v) is 17.3. The Labute approximate surface area is 176 Å². The summed E-state index contributed by atoms with van der Waals surface area (Å²) in [5.74, 6) is -1.00. The number of H-pyrrole nitrogens is 1. The largest absolute Gasteiger partial charge is 0.374 e. The van der Waals surface area contributed by atoms with Crippen molar-refractivity contribution >= 4 is 34.0 Å². The maximum atomic E-state index is 15.4. The fourth-order valence-corrected chi connectivity index (χ4v) is 3.96. The van der Waals surface area contributed by atoms with Crippen LogP contribution in [0.2, 0.25) is 0 Å².